The van der Waals surface area contributed by atoms with Gasteiger partial charge in [0.15, 0.2) is 0 Å². The summed E-state index contributed by atoms with van der Waals surface area (Å²) in [6.45, 7) is 4.11. The third kappa shape index (κ3) is 2.42. The quantitative estimate of drug-likeness (QED) is 0.869. The van der Waals surface area contributed by atoms with Gasteiger partial charge in [0.1, 0.15) is 5.78 Å². The number of carbonyl (C=O) groups is 1. The van der Waals surface area contributed by atoms with Crippen LogP contribution in [-0.4, -0.2) is 10.9 Å². The van der Waals surface area contributed by atoms with Crippen molar-refractivity contribution >= 4 is 5.78 Å². The molecule has 1 aromatic rings. The summed E-state index contributed by atoms with van der Waals surface area (Å²) in [5.74, 6) is 0.381. The Morgan fingerprint density at radius 3 is 2.59 bits per heavy atom. The van der Waals surface area contributed by atoms with Gasteiger partial charge in [-0.1, -0.05) is 43.2 Å². The number of aliphatic hydroxyl groups excluding tert-OH is 1. The first-order chi connectivity index (χ1) is 8.13. The monoisotopic (exact) mass is 232 g/mol. The molecule has 0 aliphatic heterocycles. The maximum absolute atomic E-state index is 11.9. The fourth-order valence-electron chi connectivity index (χ4n) is 2.80. The minimum absolute atomic E-state index is 0.192. The smallest absolute Gasteiger partial charge is 0.139 e. The summed E-state index contributed by atoms with van der Waals surface area (Å²) in [5, 5.41) is 10.4. The zero-order valence-electron chi connectivity index (χ0n) is 10.5. The average molecular weight is 232 g/mol. The number of aliphatic hydroxyl groups is 1. The van der Waals surface area contributed by atoms with Gasteiger partial charge in [0, 0.05) is 6.42 Å². The molecule has 1 aliphatic carbocycles. The molecule has 0 heterocycles. The largest absolute Gasteiger partial charge is 0.388 e. The predicted molar refractivity (Wildman–Crippen MR) is 67.7 cm³/mol. The van der Waals surface area contributed by atoms with E-state index >= 15 is 0 Å². The van der Waals surface area contributed by atoms with Gasteiger partial charge in [0.25, 0.3) is 0 Å². The van der Waals surface area contributed by atoms with E-state index in [4.69, 9.17) is 0 Å². The first-order valence-corrected chi connectivity index (χ1v) is 6.40. The van der Waals surface area contributed by atoms with Gasteiger partial charge in [-0.15, -0.1) is 0 Å². The van der Waals surface area contributed by atoms with Crippen molar-refractivity contribution in [3.05, 3.63) is 35.4 Å². The summed E-state index contributed by atoms with van der Waals surface area (Å²) in [4.78, 5) is 11.9. The Balaban J connectivity index is 2.21. The van der Waals surface area contributed by atoms with Crippen LogP contribution in [0, 0.1) is 18.8 Å². The molecular weight excluding hydrogens is 212 g/mol. The van der Waals surface area contributed by atoms with Crippen molar-refractivity contribution in [2.75, 3.05) is 0 Å². The molecule has 1 aliphatic rings. The van der Waals surface area contributed by atoms with Crippen LogP contribution in [0.1, 0.15) is 43.4 Å². The van der Waals surface area contributed by atoms with Gasteiger partial charge in [-0.05, 0) is 24.8 Å². The van der Waals surface area contributed by atoms with Crippen molar-refractivity contribution in [1.29, 1.82) is 0 Å². The van der Waals surface area contributed by atoms with Crippen LogP contribution in [0.25, 0.3) is 0 Å². The SMILES string of the molecule is CC[C@@H]1CCC(=O)[C@H]1[C@H](O)c1ccc(C)cc1. The molecule has 0 unspecified atom stereocenters. The number of Topliss-reactive ketones (excluding diaryl/α,β-unsaturated/α-hetero) is 1. The number of aryl methyl sites for hydroxylation is 1. The van der Waals surface area contributed by atoms with Gasteiger partial charge in [-0.3, -0.25) is 4.79 Å². The highest BCUT2D eigenvalue weighted by Crippen LogP contribution is 2.39. The van der Waals surface area contributed by atoms with Crippen LogP contribution in [0.3, 0.4) is 0 Å². The number of ketones is 1. The van der Waals surface area contributed by atoms with Crippen molar-refractivity contribution in [1.82, 2.24) is 0 Å². The van der Waals surface area contributed by atoms with E-state index < -0.39 is 6.10 Å². The minimum Gasteiger partial charge on any atom is -0.388 e. The van der Waals surface area contributed by atoms with Crippen molar-refractivity contribution in [2.24, 2.45) is 11.8 Å². The molecular formula is C15H20O2. The maximum atomic E-state index is 11.9. The summed E-state index contributed by atoms with van der Waals surface area (Å²) in [7, 11) is 0. The van der Waals surface area contributed by atoms with Crippen LogP contribution in [0.15, 0.2) is 24.3 Å². The van der Waals surface area contributed by atoms with E-state index in [0.29, 0.717) is 12.3 Å². The molecule has 3 atom stereocenters. The topological polar surface area (TPSA) is 37.3 Å². The molecule has 0 aromatic heterocycles. The zero-order valence-corrected chi connectivity index (χ0v) is 10.5. The van der Waals surface area contributed by atoms with Crippen molar-refractivity contribution in [3.8, 4) is 0 Å². The zero-order chi connectivity index (χ0) is 12.4. The molecule has 0 saturated heterocycles. The summed E-state index contributed by atoms with van der Waals surface area (Å²) in [5.41, 5.74) is 2.04. The molecule has 0 amide bonds. The molecule has 0 bridgehead atoms. The molecule has 0 radical (unpaired) electrons. The Morgan fingerprint density at radius 1 is 1.35 bits per heavy atom. The summed E-state index contributed by atoms with van der Waals surface area (Å²) >= 11 is 0. The summed E-state index contributed by atoms with van der Waals surface area (Å²) < 4.78 is 0. The van der Waals surface area contributed by atoms with E-state index in [0.717, 1.165) is 18.4 Å². The third-order valence-corrected chi connectivity index (χ3v) is 3.92. The lowest BCUT2D eigenvalue weighted by Gasteiger charge is -2.23. The first kappa shape index (κ1) is 12.3. The minimum atomic E-state index is -0.629. The molecule has 0 spiro atoms. The standard InChI is InChI=1S/C15H20O2/c1-3-11-8-9-13(16)14(11)15(17)12-6-4-10(2)5-7-12/h4-7,11,14-15,17H,3,8-9H2,1-2H3/t11-,14+,15-/m1/s1. The van der Waals surface area contributed by atoms with Crippen molar-refractivity contribution in [3.63, 3.8) is 0 Å². The van der Waals surface area contributed by atoms with E-state index in [9.17, 15) is 9.90 Å². The second kappa shape index (κ2) is 5.01. The Hall–Kier alpha value is -1.15. The molecule has 2 heteroatoms. The van der Waals surface area contributed by atoms with Crippen molar-refractivity contribution in [2.45, 2.75) is 39.2 Å². The highest BCUT2D eigenvalue weighted by molar-refractivity contribution is 5.84. The van der Waals surface area contributed by atoms with E-state index in [1.807, 2.05) is 31.2 Å². The van der Waals surface area contributed by atoms with E-state index in [1.165, 1.54) is 5.56 Å². The Kier molecular flexibility index (Phi) is 3.63. The second-order valence-corrected chi connectivity index (χ2v) is 5.05. The van der Waals surface area contributed by atoms with Crippen LogP contribution in [0.4, 0.5) is 0 Å². The normalized spacial score (nSPS) is 26.2. The van der Waals surface area contributed by atoms with Gasteiger partial charge in [-0.2, -0.15) is 0 Å². The summed E-state index contributed by atoms with van der Waals surface area (Å²) in [6, 6.07) is 7.83. The van der Waals surface area contributed by atoms with Gasteiger partial charge >= 0.3 is 0 Å². The molecule has 2 rings (SSSR count). The lowest BCUT2D eigenvalue weighted by molar-refractivity contribution is -0.124. The van der Waals surface area contributed by atoms with Crippen LogP contribution >= 0.6 is 0 Å². The fourth-order valence-corrected chi connectivity index (χ4v) is 2.80. The maximum Gasteiger partial charge on any atom is 0.139 e. The van der Waals surface area contributed by atoms with E-state index in [-0.39, 0.29) is 11.7 Å². The van der Waals surface area contributed by atoms with E-state index in [2.05, 4.69) is 6.92 Å². The highest BCUT2D eigenvalue weighted by atomic mass is 16.3. The van der Waals surface area contributed by atoms with Crippen LogP contribution < -0.4 is 0 Å². The molecule has 1 saturated carbocycles. The molecule has 92 valence electrons. The van der Waals surface area contributed by atoms with Gasteiger partial charge in [0.2, 0.25) is 0 Å². The van der Waals surface area contributed by atoms with E-state index in [1.54, 1.807) is 0 Å². The Morgan fingerprint density at radius 2 is 2.00 bits per heavy atom. The number of carbonyl (C=O) groups excluding carboxylic acids is 1. The van der Waals surface area contributed by atoms with Crippen LogP contribution in [-0.2, 0) is 4.79 Å². The molecule has 1 aromatic carbocycles. The first-order valence-electron chi connectivity index (χ1n) is 6.40. The predicted octanol–water partition coefficient (Wildman–Crippen LogP) is 3.03. The molecule has 1 N–H and O–H groups in total. The number of hydrogen-bond donors (Lipinski definition) is 1. The lowest BCUT2D eigenvalue weighted by atomic mass is 9.85. The van der Waals surface area contributed by atoms with Gasteiger partial charge in [0.05, 0.1) is 12.0 Å². The van der Waals surface area contributed by atoms with Gasteiger partial charge < -0.3 is 5.11 Å². The number of rotatable bonds is 3. The number of benzene rings is 1. The Labute approximate surface area is 103 Å². The summed E-state index contributed by atoms with van der Waals surface area (Å²) in [6.07, 6.45) is 1.91. The highest BCUT2D eigenvalue weighted by Gasteiger charge is 2.38. The average Bonchev–Trinajstić information content (AvgIpc) is 2.70. The fraction of sp³-hybridized carbons (Fsp3) is 0.533. The lowest BCUT2D eigenvalue weighted by Crippen LogP contribution is -2.22. The molecule has 2 nitrogen and oxygen atoms in total. The third-order valence-electron chi connectivity index (χ3n) is 3.92. The van der Waals surface area contributed by atoms with Crippen LogP contribution in [0.2, 0.25) is 0 Å². The Bertz CT molecular complexity index is 394. The van der Waals surface area contributed by atoms with Crippen LogP contribution in [0.5, 0.6) is 0 Å². The number of hydrogen-bond acceptors (Lipinski definition) is 2. The second-order valence-electron chi connectivity index (χ2n) is 5.05. The molecule has 17 heavy (non-hydrogen) atoms. The molecule has 1 fully saturated rings. The van der Waals surface area contributed by atoms with Crippen molar-refractivity contribution < 1.29 is 9.90 Å². The van der Waals surface area contributed by atoms with Gasteiger partial charge in [-0.25, -0.2) is 0 Å².